The van der Waals surface area contributed by atoms with Crippen LogP contribution in [0.15, 0.2) is 16.9 Å². The maximum Gasteiger partial charge on any atom is 0.271 e. The first-order valence-electron chi connectivity index (χ1n) is 6.14. The van der Waals surface area contributed by atoms with Gasteiger partial charge >= 0.3 is 0 Å². The first kappa shape index (κ1) is 15.1. The van der Waals surface area contributed by atoms with Crippen molar-refractivity contribution in [3.8, 4) is 0 Å². The number of nitrogens with zero attached hydrogens (tertiary/aromatic N) is 4. The van der Waals surface area contributed by atoms with Gasteiger partial charge in [-0.25, -0.2) is 0 Å². The van der Waals surface area contributed by atoms with Gasteiger partial charge in [0.2, 0.25) is 0 Å². The van der Waals surface area contributed by atoms with Crippen LogP contribution in [0.25, 0.3) is 0 Å². The highest BCUT2D eigenvalue weighted by Gasteiger charge is 2.14. The number of aryl methyl sites for hydroxylation is 3. The van der Waals surface area contributed by atoms with E-state index in [0.29, 0.717) is 17.3 Å². The van der Waals surface area contributed by atoms with Crippen LogP contribution in [0.2, 0.25) is 5.02 Å². The lowest BCUT2D eigenvalue weighted by Gasteiger charge is -2.06. The molecule has 0 aromatic carbocycles. The van der Waals surface area contributed by atoms with Crippen LogP contribution in [0.3, 0.4) is 0 Å². The number of amides is 1. The highest BCUT2D eigenvalue weighted by molar-refractivity contribution is 9.10. The molecule has 0 bridgehead atoms. The summed E-state index contributed by atoms with van der Waals surface area (Å²) in [7, 11) is 1.69. The van der Waals surface area contributed by atoms with Crippen LogP contribution in [0.5, 0.6) is 0 Å². The average molecular weight is 361 g/mol. The van der Waals surface area contributed by atoms with Crippen LogP contribution in [-0.2, 0) is 13.6 Å². The van der Waals surface area contributed by atoms with Crippen molar-refractivity contribution in [3.05, 3.63) is 33.3 Å². The van der Waals surface area contributed by atoms with Crippen molar-refractivity contribution in [2.45, 2.75) is 19.9 Å². The van der Waals surface area contributed by atoms with Crippen LogP contribution < -0.4 is 5.32 Å². The van der Waals surface area contributed by atoms with Crippen LogP contribution >= 0.6 is 27.5 Å². The molecule has 0 atom stereocenters. The van der Waals surface area contributed by atoms with Crippen molar-refractivity contribution in [2.24, 2.45) is 7.05 Å². The van der Waals surface area contributed by atoms with Crippen LogP contribution in [0, 0.1) is 6.92 Å². The minimum Gasteiger partial charge on any atom is -0.351 e. The molecule has 2 aromatic heterocycles. The molecule has 0 fully saturated rings. The maximum atomic E-state index is 11.9. The van der Waals surface area contributed by atoms with Gasteiger partial charge in [0.05, 0.1) is 21.4 Å². The Balaban J connectivity index is 1.80. The molecule has 1 N–H and O–H groups in total. The van der Waals surface area contributed by atoms with E-state index in [1.54, 1.807) is 7.05 Å². The Hall–Kier alpha value is -1.34. The van der Waals surface area contributed by atoms with Crippen molar-refractivity contribution in [2.75, 3.05) is 6.54 Å². The molecule has 0 spiro atoms. The summed E-state index contributed by atoms with van der Waals surface area (Å²) >= 11 is 9.32. The number of nitrogens with one attached hydrogen (secondary N) is 1. The number of aromatic nitrogens is 4. The second-order valence-electron chi connectivity index (χ2n) is 4.40. The molecule has 8 heteroatoms. The van der Waals surface area contributed by atoms with Gasteiger partial charge in [-0.2, -0.15) is 10.2 Å². The van der Waals surface area contributed by atoms with Crippen molar-refractivity contribution in [1.82, 2.24) is 24.9 Å². The van der Waals surface area contributed by atoms with Gasteiger partial charge in [0, 0.05) is 26.3 Å². The standard InChI is InChI=1S/C12H15BrClN5O/c1-8-9(13)7-19(17-8)5-3-4-15-12(20)11-10(14)6-16-18(11)2/h6-7H,3-5H2,1-2H3,(H,15,20). The predicted octanol–water partition coefficient (Wildman–Crippen LogP) is 2.16. The number of hydrogen-bond donors (Lipinski definition) is 1. The van der Waals surface area contributed by atoms with E-state index in [4.69, 9.17) is 11.6 Å². The summed E-state index contributed by atoms with van der Waals surface area (Å²) in [5, 5.41) is 11.4. The third-order valence-corrected chi connectivity index (χ3v) is 3.90. The summed E-state index contributed by atoms with van der Waals surface area (Å²) < 4.78 is 4.30. The molecule has 20 heavy (non-hydrogen) atoms. The van der Waals surface area contributed by atoms with Gasteiger partial charge in [0.15, 0.2) is 0 Å². The molecular formula is C12H15BrClN5O. The van der Waals surface area contributed by atoms with Gasteiger partial charge < -0.3 is 5.32 Å². The highest BCUT2D eigenvalue weighted by Crippen LogP contribution is 2.14. The predicted molar refractivity (Wildman–Crippen MR) is 79.8 cm³/mol. The second kappa shape index (κ2) is 6.41. The second-order valence-corrected chi connectivity index (χ2v) is 5.66. The topological polar surface area (TPSA) is 64.7 Å². The van der Waals surface area contributed by atoms with E-state index in [0.717, 1.165) is 23.1 Å². The van der Waals surface area contributed by atoms with Crippen molar-refractivity contribution >= 4 is 33.4 Å². The molecule has 0 saturated carbocycles. The lowest BCUT2D eigenvalue weighted by molar-refractivity contribution is 0.0943. The van der Waals surface area contributed by atoms with Gasteiger partial charge in [-0.1, -0.05) is 11.6 Å². The average Bonchev–Trinajstić information content (AvgIpc) is 2.89. The summed E-state index contributed by atoms with van der Waals surface area (Å²) in [5.41, 5.74) is 1.33. The fourth-order valence-corrected chi connectivity index (χ4v) is 2.37. The van der Waals surface area contributed by atoms with Crippen molar-refractivity contribution in [1.29, 1.82) is 0 Å². The van der Waals surface area contributed by atoms with Gasteiger partial charge in [0.1, 0.15) is 5.69 Å². The van der Waals surface area contributed by atoms with Gasteiger partial charge in [-0.15, -0.1) is 0 Å². The Bertz CT molecular complexity index is 582. The smallest absolute Gasteiger partial charge is 0.271 e. The zero-order chi connectivity index (χ0) is 14.7. The summed E-state index contributed by atoms with van der Waals surface area (Å²) in [5.74, 6) is -0.215. The van der Waals surface area contributed by atoms with Gasteiger partial charge in [-0.05, 0) is 29.3 Å². The Kier molecular flexibility index (Phi) is 4.82. The minimum atomic E-state index is -0.215. The molecule has 6 nitrogen and oxygen atoms in total. The van der Waals surface area contributed by atoms with E-state index in [2.05, 4.69) is 31.4 Å². The molecule has 2 aromatic rings. The lowest BCUT2D eigenvalue weighted by Crippen LogP contribution is -2.27. The number of hydrogen-bond acceptors (Lipinski definition) is 3. The SMILES string of the molecule is Cc1nn(CCCNC(=O)c2c(Cl)cnn2C)cc1Br. The maximum absolute atomic E-state index is 11.9. The third-order valence-electron chi connectivity index (χ3n) is 2.85. The van der Waals surface area contributed by atoms with Crippen molar-refractivity contribution in [3.63, 3.8) is 0 Å². The quantitative estimate of drug-likeness (QED) is 0.831. The molecule has 0 unspecified atom stereocenters. The van der Waals surface area contributed by atoms with E-state index in [-0.39, 0.29) is 5.91 Å². The Morgan fingerprint density at radius 1 is 1.55 bits per heavy atom. The lowest BCUT2D eigenvalue weighted by atomic mass is 10.3. The molecule has 0 saturated heterocycles. The number of rotatable bonds is 5. The fraction of sp³-hybridized carbons (Fsp3) is 0.417. The van der Waals surface area contributed by atoms with E-state index in [1.807, 2.05) is 17.8 Å². The molecule has 0 aliphatic carbocycles. The highest BCUT2D eigenvalue weighted by atomic mass is 79.9. The third kappa shape index (κ3) is 3.40. The zero-order valence-electron chi connectivity index (χ0n) is 11.2. The fourth-order valence-electron chi connectivity index (χ4n) is 1.80. The van der Waals surface area contributed by atoms with Crippen LogP contribution in [0.4, 0.5) is 0 Å². The minimum absolute atomic E-state index is 0.215. The summed E-state index contributed by atoms with van der Waals surface area (Å²) in [4.78, 5) is 11.9. The Labute approximate surface area is 130 Å². The van der Waals surface area contributed by atoms with Crippen molar-refractivity contribution < 1.29 is 4.79 Å². The molecule has 1 amide bonds. The summed E-state index contributed by atoms with van der Waals surface area (Å²) in [6, 6.07) is 0. The molecule has 108 valence electrons. The molecular weight excluding hydrogens is 346 g/mol. The van der Waals surface area contributed by atoms with E-state index >= 15 is 0 Å². The normalized spacial score (nSPS) is 10.8. The number of carbonyl (C=O) groups excluding carboxylic acids is 1. The van der Waals surface area contributed by atoms with E-state index in [1.165, 1.54) is 10.9 Å². The van der Waals surface area contributed by atoms with Gasteiger partial charge in [-0.3, -0.25) is 14.2 Å². The Morgan fingerprint density at radius 3 is 2.85 bits per heavy atom. The van der Waals surface area contributed by atoms with Crippen LogP contribution in [0.1, 0.15) is 22.6 Å². The van der Waals surface area contributed by atoms with Crippen LogP contribution in [-0.4, -0.2) is 32.0 Å². The monoisotopic (exact) mass is 359 g/mol. The first-order valence-corrected chi connectivity index (χ1v) is 7.31. The molecule has 2 rings (SSSR count). The Morgan fingerprint density at radius 2 is 2.30 bits per heavy atom. The molecule has 2 heterocycles. The first-order chi connectivity index (χ1) is 9.49. The zero-order valence-corrected chi connectivity index (χ0v) is 13.6. The van der Waals surface area contributed by atoms with E-state index < -0.39 is 0 Å². The van der Waals surface area contributed by atoms with E-state index in [9.17, 15) is 4.79 Å². The molecule has 0 aliphatic rings. The molecule has 0 aliphatic heterocycles. The number of halogens is 2. The molecule has 0 radical (unpaired) electrons. The summed E-state index contributed by atoms with van der Waals surface area (Å²) in [6.07, 6.45) is 4.17. The van der Waals surface area contributed by atoms with Gasteiger partial charge in [0.25, 0.3) is 5.91 Å². The number of carbonyl (C=O) groups is 1. The summed E-state index contributed by atoms with van der Waals surface area (Å²) in [6.45, 7) is 3.23. The largest absolute Gasteiger partial charge is 0.351 e.